The highest BCUT2D eigenvalue weighted by Gasteiger charge is 2.52. The molecule has 1 aromatic rings. The number of nitriles is 1. The molecular weight excluding hydrogens is 554 g/mol. The maximum atomic E-state index is 11.5. The summed E-state index contributed by atoms with van der Waals surface area (Å²) in [5, 5.41) is 36.8. The van der Waals surface area contributed by atoms with Crippen molar-refractivity contribution in [3.8, 4) is 17.2 Å². The van der Waals surface area contributed by atoms with Gasteiger partial charge >= 0.3 is 0 Å². The van der Waals surface area contributed by atoms with E-state index in [1.807, 2.05) is 80.4 Å². The number of hydrogen-bond acceptors (Lipinski definition) is 7. The molecule has 0 saturated carbocycles. The number of benzene rings is 1. The molecule has 0 saturated heterocycles. The van der Waals surface area contributed by atoms with Crippen LogP contribution in [0.4, 0.5) is 0 Å². The third-order valence-corrected chi connectivity index (χ3v) is 14.5. The van der Waals surface area contributed by atoms with Crippen LogP contribution in [0.2, 0.25) is 18.1 Å². The van der Waals surface area contributed by atoms with E-state index in [1.165, 1.54) is 0 Å². The van der Waals surface area contributed by atoms with E-state index in [9.17, 15) is 15.7 Å². The Kier molecular flexibility index (Phi) is 8.77. The predicted molar refractivity (Wildman–Crippen MR) is 174 cm³/mol. The topological polar surface area (TPSA) is 89.2 Å². The Bertz CT molecular complexity index is 1510. The van der Waals surface area contributed by atoms with Crippen LogP contribution in [0, 0.1) is 11.3 Å². The average molecular weight is 602 g/mol. The molecule has 2 atom stereocenters. The van der Waals surface area contributed by atoms with E-state index in [0.29, 0.717) is 16.9 Å². The second-order valence-corrected chi connectivity index (χ2v) is 20.2. The molecule has 3 aliphatic rings. The predicted octanol–water partition coefficient (Wildman–Crippen LogP) is 8.51. The van der Waals surface area contributed by atoms with Crippen LogP contribution in [0.1, 0.15) is 91.3 Å². The Morgan fingerprint density at radius 1 is 0.907 bits per heavy atom. The van der Waals surface area contributed by atoms with E-state index in [0.717, 1.165) is 32.5 Å². The van der Waals surface area contributed by atoms with E-state index in [-0.39, 0.29) is 5.04 Å². The maximum Gasteiger partial charge on any atom is 0.193 e. The summed E-state index contributed by atoms with van der Waals surface area (Å²) >= 11 is 0. The van der Waals surface area contributed by atoms with Crippen LogP contribution in [0.3, 0.4) is 0 Å². The highest BCUT2D eigenvalue weighted by Crippen LogP contribution is 2.52. The molecule has 7 nitrogen and oxygen atoms in total. The van der Waals surface area contributed by atoms with E-state index in [4.69, 9.17) is 9.73 Å². The first-order valence-electron chi connectivity index (χ1n) is 14.9. The third kappa shape index (κ3) is 5.78. The Balaban J connectivity index is 2.24. The van der Waals surface area contributed by atoms with Gasteiger partial charge in [0.15, 0.2) is 12.0 Å². The van der Waals surface area contributed by atoms with Gasteiger partial charge in [0, 0.05) is 22.2 Å². The van der Waals surface area contributed by atoms with Gasteiger partial charge in [-0.15, -0.1) is 5.06 Å². The van der Waals surface area contributed by atoms with Gasteiger partial charge in [0.1, 0.15) is 12.1 Å². The number of nitrogens with zero attached hydrogens (tertiary/aromatic N) is 3. The summed E-state index contributed by atoms with van der Waals surface area (Å²) < 4.78 is 0. The molecule has 1 aromatic carbocycles. The van der Waals surface area contributed by atoms with Crippen molar-refractivity contribution in [3.05, 3.63) is 82.9 Å². The minimum absolute atomic E-state index is 0.143. The summed E-state index contributed by atoms with van der Waals surface area (Å²) in [6, 6.07) is 21.7. The SMILES string of the molecule is CC(C)(C)N(O)C(OO)c1c2cccccc-2c(C2C(C#N)=C(c3ccccc3)ON2C(C)(C)C)c1[Si](C)(C)C(C)(C)C. The van der Waals surface area contributed by atoms with Crippen molar-refractivity contribution in [1.82, 2.24) is 10.1 Å². The van der Waals surface area contributed by atoms with Crippen LogP contribution >= 0.6 is 0 Å². The van der Waals surface area contributed by atoms with Gasteiger partial charge in [-0.1, -0.05) is 94.5 Å². The Morgan fingerprint density at radius 2 is 1.44 bits per heavy atom. The van der Waals surface area contributed by atoms with Gasteiger partial charge in [0.25, 0.3) is 0 Å². The Morgan fingerprint density at radius 3 is 1.91 bits per heavy atom. The number of fused-ring (bicyclic) bond motifs is 1. The Hall–Kier alpha value is -3.03. The fraction of sp³-hybridized carbons (Fsp3) is 0.457. The van der Waals surface area contributed by atoms with E-state index in [2.05, 4.69) is 66.8 Å². The fourth-order valence-electron chi connectivity index (χ4n) is 5.73. The molecule has 4 rings (SSSR count). The summed E-state index contributed by atoms with van der Waals surface area (Å²) in [6.45, 7) is 23.2. The van der Waals surface area contributed by atoms with Crippen LogP contribution in [0.5, 0.6) is 0 Å². The first-order valence-corrected chi connectivity index (χ1v) is 17.9. The second-order valence-electron chi connectivity index (χ2n) is 15.0. The molecule has 1 aliphatic heterocycles. The van der Waals surface area contributed by atoms with Crippen LogP contribution in [-0.4, -0.2) is 39.7 Å². The van der Waals surface area contributed by atoms with Crippen LogP contribution in [0.25, 0.3) is 16.9 Å². The van der Waals surface area contributed by atoms with Gasteiger partial charge in [0.05, 0.1) is 13.6 Å². The molecule has 230 valence electrons. The van der Waals surface area contributed by atoms with Crippen LogP contribution in [-0.2, 0) is 9.73 Å². The smallest absolute Gasteiger partial charge is 0.193 e. The minimum atomic E-state index is -2.51. The second kappa shape index (κ2) is 11.5. The molecule has 0 aromatic heterocycles. The van der Waals surface area contributed by atoms with Gasteiger partial charge in [-0.05, 0) is 68.5 Å². The molecule has 43 heavy (non-hydrogen) atoms. The lowest BCUT2D eigenvalue weighted by atomic mass is 9.93. The van der Waals surface area contributed by atoms with Crippen molar-refractivity contribution in [3.63, 3.8) is 0 Å². The average Bonchev–Trinajstić information content (AvgIpc) is 3.34. The summed E-state index contributed by atoms with van der Waals surface area (Å²) in [5.41, 5.74) is 3.56. The van der Waals surface area contributed by atoms with Crippen LogP contribution in [0.15, 0.2) is 66.2 Å². The zero-order valence-corrected chi connectivity index (χ0v) is 28.5. The molecule has 8 heteroatoms. The normalized spacial score (nSPS) is 17.8. The van der Waals surface area contributed by atoms with Gasteiger partial charge in [-0.25, -0.2) is 10.1 Å². The summed E-state index contributed by atoms with van der Waals surface area (Å²) in [7, 11) is -2.51. The standard InChI is InChI=1S/C35H47N3O4Si/c1-33(2,3)37(39)32(42-40)28-25-21-17-13-16-20-24(25)27(31(28)43(10,11)35(7,8)9)29-26(22-36)30(23-18-14-12-15-19-23)41-38(29)34(4,5)6/h12-21,29,32,39-40H,1-11H3. The largest absolute Gasteiger partial charge is 0.403 e. The van der Waals surface area contributed by atoms with Gasteiger partial charge < -0.3 is 10.0 Å². The van der Waals surface area contributed by atoms with Gasteiger partial charge in [0.2, 0.25) is 0 Å². The highest BCUT2D eigenvalue weighted by molar-refractivity contribution is 6.93. The molecule has 0 fully saturated rings. The summed E-state index contributed by atoms with van der Waals surface area (Å²) in [6.07, 6.45) is -1.17. The molecule has 0 amide bonds. The van der Waals surface area contributed by atoms with E-state index >= 15 is 0 Å². The lowest BCUT2D eigenvalue weighted by molar-refractivity contribution is -0.379. The van der Waals surface area contributed by atoms with E-state index in [1.54, 1.807) is 0 Å². The van der Waals surface area contributed by atoms with Crippen molar-refractivity contribution in [1.29, 1.82) is 5.26 Å². The first kappa shape index (κ1) is 32.9. The zero-order chi connectivity index (χ0) is 32.1. The number of rotatable bonds is 6. The lowest BCUT2D eigenvalue weighted by Gasteiger charge is -2.42. The quantitative estimate of drug-likeness (QED) is 0.127. The number of hydrogen-bond donors (Lipinski definition) is 2. The first-order chi connectivity index (χ1) is 19.9. The molecule has 0 spiro atoms. The zero-order valence-electron chi connectivity index (χ0n) is 27.5. The highest BCUT2D eigenvalue weighted by atomic mass is 28.3. The van der Waals surface area contributed by atoms with Crippen molar-refractivity contribution < 1.29 is 20.2 Å². The molecule has 2 N–H and O–H groups in total. The van der Waals surface area contributed by atoms with Crippen molar-refractivity contribution in [2.45, 2.75) is 104 Å². The maximum absolute atomic E-state index is 11.5. The lowest BCUT2D eigenvalue weighted by Crippen LogP contribution is -2.55. The third-order valence-electron chi connectivity index (χ3n) is 8.95. The van der Waals surface area contributed by atoms with E-state index < -0.39 is 31.4 Å². The van der Waals surface area contributed by atoms with Gasteiger partial charge in [-0.3, -0.25) is 0 Å². The summed E-state index contributed by atoms with van der Waals surface area (Å²) in [5.74, 6) is 0.536. The molecular formula is C35H47N3O4Si. The van der Waals surface area contributed by atoms with Crippen molar-refractivity contribution >= 4 is 19.0 Å². The molecule has 2 aliphatic carbocycles. The molecule has 2 unspecified atom stereocenters. The fourth-order valence-corrected chi connectivity index (χ4v) is 8.36. The Labute approximate surface area is 258 Å². The molecule has 0 radical (unpaired) electrons. The number of hydroxylamine groups is 4. The minimum Gasteiger partial charge on any atom is -0.403 e. The van der Waals surface area contributed by atoms with Gasteiger partial charge in [-0.2, -0.15) is 10.3 Å². The van der Waals surface area contributed by atoms with Crippen molar-refractivity contribution in [2.75, 3.05) is 0 Å². The molecule has 0 bridgehead atoms. The molecule has 1 heterocycles. The monoisotopic (exact) mass is 601 g/mol. The summed E-state index contributed by atoms with van der Waals surface area (Å²) in [4.78, 5) is 11.9. The van der Waals surface area contributed by atoms with Crippen LogP contribution < -0.4 is 5.19 Å². The van der Waals surface area contributed by atoms with Crippen molar-refractivity contribution in [2.24, 2.45) is 0 Å².